The second-order valence-electron chi connectivity index (χ2n) is 5.12. The number of rotatable bonds is 4. The first-order chi connectivity index (χ1) is 11.1. The molecule has 0 aliphatic carbocycles. The van der Waals surface area contributed by atoms with Crippen LogP contribution in [-0.2, 0) is 6.54 Å². The second-order valence-corrected chi connectivity index (χ2v) is 5.98. The number of nitrogens with zero attached hydrogens (tertiary/aromatic N) is 2. The van der Waals surface area contributed by atoms with E-state index in [-0.39, 0.29) is 6.04 Å². The molecule has 1 atom stereocenters. The van der Waals surface area contributed by atoms with Gasteiger partial charge in [0.1, 0.15) is 0 Å². The third-order valence-corrected chi connectivity index (χ3v) is 4.21. The molecule has 23 heavy (non-hydrogen) atoms. The lowest BCUT2D eigenvalue weighted by Crippen LogP contribution is -2.38. The van der Waals surface area contributed by atoms with Crippen LogP contribution in [0.1, 0.15) is 29.7 Å². The molecule has 4 nitrogen and oxygen atoms in total. The van der Waals surface area contributed by atoms with Gasteiger partial charge in [0.15, 0.2) is 5.96 Å². The topological polar surface area (TPSA) is 60.2 Å². The van der Waals surface area contributed by atoms with Crippen molar-refractivity contribution < 1.29 is 0 Å². The van der Waals surface area contributed by atoms with Crippen LogP contribution in [0.2, 0.25) is 0 Å². The number of guanidine groups is 1. The smallest absolute Gasteiger partial charge is 0.191 e. The standard InChI is InChI=1S/C18H19BrN4/c1-13(16-5-3-4-6-17(16)19)23-18(21-2)22-12-15-9-7-14(11-20)8-10-15/h3-10,13H,12H2,1-2H3,(H2,21,22,23). The summed E-state index contributed by atoms with van der Waals surface area (Å²) in [6, 6.07) is 17.9. The van der Waals surface area contributed by atoms with Crippen molar-refractivity contribution in [1.29, 1.82) is 5.26 Å². The quantitative estimate of drug-likeness (QED) is 0.636. The summed E-state index contributed by atoms with van der Waals surface area (Å²) in [5.41, 5.74) is 2.94. The Morgan fingerprint density at radius 2 is 1.91 bits per heavy atom. The van der Waals surface area contributed by atoms with Crippen LogP contribution in [0.25, 0.3) is 0 Å². The van der Waals surface area contributed by atoms with Gasteiger partial charge in [-0.05, 0) is 36.2 Å². The number of hydrogen-bond donors (Lipinski definition) is 2. The highest BCUT2D eigenvalue weighted by atomic mass is 79.9. The molecule has 0 aromatic heterocycles. The highest BCUT2D eigenvalue weighted by Gasteiger charge is 2.10. The van der Waals surface area contributed by atoms with Crippen molar-refractivity contribution in [3.63, 3.8) is 0 Å². The number of halogens is 1. The molecule has 118 valence electrons. The van der Waals surface area contributed by atoms with Gasteiger partial charge < -0.3 is 10.6 Å². The summed E-state index contributed by atoms with van der Waals surface area (Å²) < 4.78 is 1.07. The monoisotopic (exact) mass is 370 g/mol. The molecule has 0 bridgehead atoms. The van der Waals surface area contributed by atoms with Crippen LogP contribution < -0.4 is 10.6 Å². The summed E-state index contributed by atoms with van der Waals surface area (Å²) in [5, 5.41) is 15.5. The Labute approximate surface area is 145 Å². The summed E-state index contributed by atoms with van der Waals surface area (Å²) in [4.78, 5) is 4.26. The van der Waals surface area contributed by atoms with Gasteiger partial charge in [0, 0.05) is 18.1 Å². The molecule has 0 aliphatic rings. The molecule has 0 saturated carbocycles. The first kappa shape index (κ1) is 17.0. The van der Waals surface area contributed by atoms with Crippen molar-refractivity contribution >= 4 is 21.9 Å². The Morgan fingerprint density at radius 3 is 2.52 bits per heavy atom. The van der Waals surface area contributed by atoms with Gasteiger partial charge in [0.25, 0.3) is 0 Å². The summed E-state index contributed by atoms with van der Waals surface area (Å²) in [5.74, 6) is 0.734. The molecule has 5 heteroatoms. The molecule has 0 amide bonds. The molecule has 2 aromatic carbocycles. The van der Waals surface area contributed by atoms with Gasteiger partial charge in [-0.2, -0.15) is 5.26 Å². The minimum absolute atomic E-state index is 0.123. The number of benzene rings is 2. The molecule has 0 fully saturated rings. The molecule has 0 heterocycles. The van der Waals surface area contributed by atoms with Crippen molar-refractivity contribution in [1.82, 2.24) is 10.6 Å². The lowest BCUT2D eigenvalue weighted by molar-refractivity contribution is 0.682. The third-order valence-electron chi connectivity index (χ3n) is 3.49. The molecule has 0 radical (unpaired) electrons. The summed E-state index contributed by atoms with van der Waals surface area (Å²) in [6.45, 7) is 2.74. The molecule has 2 aromatic rings. The highest BCUT2D eigenvalue weighted by Crippen LogP contribution is 2.22. The molecular formula is C18H19BrN4. The zero-order valence-corrected chi connectivity index (χ0v) is 14.8. The van der Waals surface area contributed by atoms with Gasteiger partial charge in [-0.25, -0.2) is 0 Å². The zero-order chi connectivity index (χ0) is 16.7. The van der Waals surface area contributed by atoms with Crippen molar-refractivity contribution in [2.75, 3.05) is 7.05 Å². The van der Waals surface area contributed by atoms with E-state index in [4.69, 9.17) is 5.26 Å². The van der Waals surface area contributed by atoms with E-state index in [0.717, 1.165) is 16.0 Å². The molecule has 0 aliphatic heterocycles. The molecule has 1 unspecified atom stereocenters. The van der Waals surface area contributed by atoms with Crippen LogP contribution in [-0.4, -0.2) is 13.0 Å². The SMILES string of the molecule is CN=C(NCc1ccc(C#N)cc1)NC(C)c1ccccc1Br. The predicted octanol–water partition coefficient (Wildman–Crippen LogP) is 3.75. The molecule has 0 saturated heterocycles. The van der Waals surface area contributed by atoms with E-state index in [1.807, 2.05) is 42.5 Å². The molecule has 2 N–H and O–H groups in total. The fourth-order valence-corrected chi connectivity index (χ4v) is 2.81. The minimum atomic E-state index is 0.123. The minimum Gasteiger partial charge on any atom is -0.352 e. The Hall–Kier alpha value is -2.32. The first-order valence-corrected chi connectivity index (χ1v) is 8.14. The van der Waals surface area contributed by atoms with E-state index in [0.29, 0.717) is 12.1 Å². The maximum absolute atomic E-state index is 8.82. The Kier molecular flexibility index (Phi) is 6.19. The van der Waals surface area contributed by atoms with Crippen LogP contribution in [0, 0.1) is 11.3 Å². The molecule has 0 spiro atoms. The maximum Gasteiger partial charge on any atom is 0.191 e. The second kappa shape index (κ2) is 8.35. The number of hydrogen-bond acceptors (Lipinski definition) is 2. The van der Waals surface area contributed by atoms with E-state index in [9.17, 15) is 0 Å². The largest absolute Gasteiger partial charge is 0.352 e. The summed E-state index contributed by atoms with van der Waals surface area (Å²) >= 11 is 3.57. The molecular weight excluding hydrogens is 352 g/mol. The van der Waals surface area contributed by atoms with E-state index in [1.54, 1.807) is 7.05 Å². The van der Waals surface area contributed by atoms with Crippen LogP contribution in [0.3, 0.4) is 0 Å². The maximum atomic E-state index is 8.82. The normalized spacial score (nSPS) is 12.3. The van der Waals surface area contributed by atoms with Crippen molar-refractivity contribution in [2.24, 2.45) is 4.99 Å². The van der Waals surface area contributed by atoms with Gasteiger partial charge in [-0.1, -0.05) is 46.3 Å². The Bertz CT molecular complexity index is 717. The van der Waals surface area contributed by atoms with Gasteiger partial charge in [0.2, 0.25) is 0 Å². The van der Waals surface area contributed by atoms with Gasteiger partial charge >= 0.3 is 0 Å². The number of nitriles is 1. The van der Waals surface area contributed by atoms with E-state index in [2.05, 4.69) is 50.6 Å². The fraction of sp³-hybridized carbons (Fsp3) is 0.222. The van der Waals surface area contributed by atoms with Crippen LogP contribution in [0.4, 0.5) is 0 Å². The van der Waals surface area contributed by atoms with Crippen LogP contribution >= 0.6 is 15.9 Å². The average molecular weight is 371 g/mol. The number of nitrogens with one attached hydrogen (secondary N) is 2. The van der Waals surface area contributed by atoms with Crippen LogP contribution in [0.15, 0.2) is 58.0 Å². The van der Waals surface area contributed by atoms with Gasteiger partial charge in [-0.3, -0.25) is 4.99 Å². The van der Waals surface area contributed by atoms with E-state index >= 15 is 0 Å². The van der Waals surface area contributed by atoms with Crippen molar-refractivity contribution in [2.45, 2.75) is 19.5 Å². The van der Waals surface area contributed by atoms with Crippen molar-refractivity contribution in [3.8, 4) is 6.07 Å². The van der Waals surface area contributed by atoms with Gasteiger partial charge in [0.05, 0.1) is 17.7 Å². The lowest BCUT2D eigenvalue weighted by Gasteiger charge is -2.19. The zero-order valence-electron chi connectivity index (χ0n) is 13.2. The van der Waals surface area contributed by atoms with E-state index in [1.165, 1.54) is 5.56 Å². The highest BCUT2D eigenvalue weighted by molar-refractivity contribution is 9.10. The lowest BCUT2D eigenvalue weighted by atomic mass is 10.1. The molecule has 2 rings (SSSR count). The van der Waals surface area contributed by atoms with Gasteiger partial charge in [-0.15, -0.1) is 0 Å². The summed E-state index contributed by atoms with van der Waals surface area (Å²) in [7, 11) is 1.75. The van der Waals surface area contributed by atoms with E-state index < -0.39 is 0 Å². The third kappa shape index (κ3) is 4.83. The van der Waals surface area contributed by atoms with Crippen LogP contribution in [0.5, 0.6) is 0 Å². The Balaban J connectivity index is 1.95. The first-order valence-electron chi connectivity index (χ1n) is 7.34. The van der Waals surface area contributed by atoms with Crippen molar-refractivity contribution in [3.05, 3.63) is 69.7 Å². The Morgan fingerprint density at radius 1 is 1.22 bits per heavy atom. The number of aliphatic imine (C=N–C) groups is 1. The fourth-order valence-electron chi connectivity index (χ4n) is 2.19. The predicted molar refractivity (Wildman–Crippen MR) is 97.0 cm³/mol. The average Bonchev–Trinajstić information content (AvgIpc) is 2.59. The summed E-state index contributed by atoms with van der Waals surface area (Å²) in [6.07, 6.45) is 0.